The fraction of sp³-hybridized carbons (Fsp3) is 0.421. The number of carbonyl (C=O) groups excluding carboxylic acids is 1. The highest BCUT2D eigenvalue weighted by Gasteiger charge is 2.23. The topological polar surface area (TPSA) is 32.3 Å². The van der Waals surface area contributed by atoms with Crippen molar-refractivity contribution < 1.29 is 4.79 Å². The van der Waals surface area contributed by atoms with Crippen molar-refractivity contribution in [2.24, 2.45) is 11.8 Å². The number of piperidine rings is 1. The smallest absolute Gasteiger partial charge is 0.238 e. The molecule has 2 aromatic rings. The molecule has 1 saturated heterocycles. The Morgan fingerprint density at radius 3 is 2.55 bits per heavy atom. The summed E-state index contributed by atoms with van der Waals surface area (Å²) in [6, 6.07) is 14.2. The number of amides is 1. The summed E-state index contributed by atoms with van der Waals surface area (Å²) < 4.78 is 0. The van der Waals surface area contributed by atoms with E-state index in [9.17, 15) is 4.79 Å². The van der Waals surface area contributed by atoms with Gasteiger partial charge in [-0.2, -0.15) is 0 Å². The van der Waals surface area contributed by atoms with E-state index in [2.05, 4.69) is 42.3 Å². The van der Waals surface area contributed by atoms with Gasteiger partial charge in [0, 0.05) is 24.2 Å². The van der Waals surface area contributed by atoms with Crippen LogP contribution in [-0.4, -0.2) is 30.4 Å². The van der Waals surface area contributed by atoms with E-state index in [-0.39, 0.29) is 5.91 Å². The molecule has 0 radical (unpaired) electrons. The number of nitrogens with one attached hydrogen (secondary N) is 1. The van der Waals surface area contributed by atoms with Gasteiger partial charge in [0.25, 0.3) is 0 Å². The van der Waals surface area contributed by atoms with Crippen molar-refractivity contribution in [1.29, 1.82) is 0 Å². The summed E-state index contributed by atoms with van der Waals surface area (Å²) in [4.78, 5) is 14.7. The molecule has 22 heavy (non-hydrogen) atoms. The standard InChI is InChI=1S/C19H24N2O/c1-14-10-15(2)12-21(11-14)13-19(22)20-18-9-5-7-16-6-3-4-8-17(16)18/h3-9,14-15H,10-13H2,1-2H3,(H,20,22)/t14-,15-/m1/s1. The predicted octanol–water partition coefficient (Wildman–Crippen LogP) is 3.76. The van der Waals surface area contributed by atoms with Crippen LogP contribution in [0, 0.1) is 11.8 Å². The predicted molar refractivity (Wildman–Crippen MR) is 92.0 cm³/mol. The minimum Gasteiger partial charge on any atom is -0.324 e. The quantitative estimate of drug-likeness (QED) is 0.935. The highest BCUT2D eigenvalue weighted by molar-refractivity contribution is 6.02. The number of nitrogens with zero attached hydrogens (tertiary/aromatic N) is 1. The number of anilines is 1. The molecular formula is C19H24N2O. The molecule has 2 atom stereocenters. The monoisotopic (exact) mass is 296 g/mol. The minimum absolute atomic E-state index is 0.0812. The zero-order chi connectivity index (χ0) is 15.5. The maximum atomic E-state index is 12.4. The maximum Gasteiger partial charge on any atom is 0.238 e. The summed E-state index contributed by atoms with van der Waals surface area (Å²) >= 11 is 0. The number of likely N-dealkylation sites (tertiary alicyclic amines) is 1. The van der Waals surface area contributed by atoms with Gasteiger partial charge in [0.2, 0.25) is 5.91 Å². The molecule has 3 rings (SSSR count). The zero-order valence-corrected chi connectivity index (χ0v) is 13.4. The summed E-state index contributed by atoms with van der Waals surface area (Å²) in [6.07, 6.45) is 1.27. The van der Waals surface area contributed by atoms with E-state index < -0.39 is 0 Å². The van der Waals surface area contributed by atoms with Gasteiger partial charge in [-0.05, 0) is 29.7 Å². The third-order valence-corrected chi connectivity index (χ3v) is 4.38. The first-order chi connectivity index (χ1) is 10.6. The Morgan fingerprint density at radius 1 is 1.09 bits per heavy atom. The first kappa shape index (κ1) is 15.0. The van der Waals surface area contributed by atoms with Crippen LogP contribution in [-0.2, 0) is 4.79 Å². The molecule has 0 aliphatic carbocycles. The average molecular weight is 296 g/mol. The first-order valence-corrected chi connectivity index (χ1v) is 8.12. The molecule has 1 N–H and O–H groups in total. The van der Waals surface area contributed by atoms with Crippen LogP contribution < -0.4 is 5.32 Å². The molecular weight excluding hydrogens is 272 g/mol. The van der Waals surface area contributed by atoms with Crippen LogP contribution in [0.2, 0.25) is 0 Å². The van der Waals surface area contributed by atoms with Crippen molar-refractivity contribution in [1.82, 2.24) is 4.90 Å². The zero-order valence-electron chi connectivity index (χ0n) is 13.4. The lowest BCUT2D eigenvalue weighted by Crippen LogP contribution is -2.42. The van der Waals surface area contributed by atoms with E-state index in [1.165, 1.54) is 6.42 Å². The van der Waals surface area contributed by atoms with Crippen LogP contribution in [0.5, 0.6) is 0 Å². The molecule has 0 spiro atoms. The van der Waals surface area contributed by atoms with Gasteiger partial charge >= 0.3 is 0 Å². The molecule has 0 unspecified atom stereocenters. The maximum absolute atomic E-state index is 12.4. The molecule has 0 saturated carbocycles. The highest BCUT2D eigenvalue weighted by atomic mass is 16.2. The molecule has 1 aliphatic rings. The van der Waals surface area contributed by atoms with E-state index in [0.717, 1.165) is 29.5 Å². The number of fused-ring (bicyclic) bond motifs is 1. The minimum atomic E-state index is 0.0812. The van der Waals surface area contributed by atoms with Crippen molar-refractivity contribution in [3.63, 3.8) is 0 Å². The third-order valence-electron chi connectivity index (χ3n) is 4.38. The van der Waals surface area contributed by atoms with Crippen molar-refractivity contribution in [3.8, 4) is 0 Å². The summed E-state index contributed by atoms with van der Waals surface area (Å²) in [5.41, 5.74) is 0.904. The molecule has 3 heteroatoms. The normalized spacial score (nSPS) is 22.6. The van der Waals surface area contributed by atoms with Crippen molar-refractivity contribution in [3.05, 3.63) is 42.5 Å². The molecule has 1 aliphatic heterocycles. The Morgan fingerprint density at radius 2 is 1.77 bits per heavy atom. The lowest BCUT2D eigenvalue weighted by atomic mass is 9.92. The second kappa shape index (κ2) is 6.49. The lowest BCUT2D eigenvalue weighted by Gasteiger charge is -2.34. The van der Waals surface area contributed by atoms with Gasteiger partial charge in [-0.3, -0.25) is 9.69 Å². The van der Waals surface area contributed by atoms with Crippen LogP contribution in [0.1, 0.15) is 20.3 Å². The van der Waals surface area contributed by atoms with E-state index in [0.29, 0.717) is 18.4 Å². The molecule has 116 valence electrons. The molecule has 0 bridgehead atoms. The average Bonchev–Trinajstić information content (AvgIpc) is 2.46. The van der Waals surface area contributed by atoms with Crippen LogP contribution in [0.4, 0.5) is 5.69 Å². The second-order valence-corrected chi connectivity index (χ2v) is 6.72. The fourth-order valence-electron chi connectivity index (χ4n) is 3.65. The fourth-order valence-corrected chi connectivity index (χ4v) is 3.65. The lowest BCUT2D eigenvalue weighted by molar-refractivity contribution is -0.117. The first-order valence-electron chi connectivity index (χ1n) is 8.12. The molecule has 3 nitrogen and oxygen atoms in total. The number of benzene rings is 2. The molecule has 1 heterocycles. The van der Waals surface area contributed by atoms with Gasteiger partial charge in [-0.1, -0.05) is 50.2 Å². The Bertz CT molecular complexity index is 652. The summed E-state index contributed by atoms with van der Waals surface area (Å²) in [5.74, 6) is 1.43. The molecule has 2 aromatic carbocycles. The number of carbonyl (C=O) groups is 1. The number of hydrogen-bond donors (Lipinski definition) is 1. The summed E-state index contributed by atoms with van der Waals surface area (Å²) in [5, 5.41) is 5.33. The van der Waals surface area contributed by atoms with Crippen LogP contribution >= 0.6 is 0 Å². The van der Waals surface area contributed by atoms with Gasteiger partial charge in [-0.25, -0.2) is 0 Å². The number of rotatable bonds is 3. The van der Waals surface area contributed by atoms with Crippen LogP contribution in [0.3, 0.4) is 0 Å². The van der Waals surface area contributed by atoms with E-state index in [1.54, 1.807) is 0 Å². The highest BCUT2D eigenvalue weighted by Crippen LogP contribution is 2.24. The van der Waals surface area contributed by atoms with Crippen LogP contribution in [0.15, 0.2) is 42.5 Å². The van der Waals surface area contributed by atoms with Gasteiger partial charge in [0.1, 0.15) is 0 Å². The van der Waals surface area contributed by atoms with Crippen molar-refractivity contribution in [2.45, 2.75) is 20.3 Å². The van der Waals surface area contributed by atoms with E-state index in [1.807, 2.05) is 24.3 Å². The molecule has 0 aromatic heterocycles. The summed E-state index contributed by atoms with van der Waals surface area (Å²) in [7, 11) is 0. The Labute approximate surface area is 132 Å². The van der Waals surface area contributed by atoms with Gasteiger partial charge in [0.05, 0.1) is 6.54 Å². The van der Waals surface area contributed by atoms with E-state index >= 15 is 0 Å². The van der Waals surface area contributed by atoms with Gasteiger partial charge < -0.3 is 5.32 Å². The van der Waals surface area contributed by atoms with Crippen LogP contribution in [0.25, 0.3) is 10.8 Å². The van der Waals surface area contributed by atoms with Gasteiger partial charge in [-0.15, -0.1) is 0 Å². The molecule has 1 fully saturated rings. The van der Waals surface area contributed by atoms with E-state index in [4.69, 9.17) is 0 Å². The number of hydrogen-bond acceptors (Lipinski definition) is 2. The SMILES string of the molecule is C[C@@H]1C[C@@H](C)CN(CC(=O)Nc2cccc3ccccc23)C1. The Balaban J connectivity index is 1.68. The molecule has 1 amide bonds. The Kier molecular flexibility index (Phi) is 4.44. The second-order valence-electron chi connectivity index (χ2n) is 6.72. The largest absolute Gasteiger partial charge is 0.324 e. The Hall–Kier alpha value is -1.87. The van der Waals surface area contributed by atoms with Crippen molar-refractivity contribution >= 4 is 22.4 Å². The third kappa shape index (κ3) is 3.47. The van der Waals surface area contributed by atoms with Gasteiger partial charge in [0.15, 0.2) is 0 Å². The van der Waals surface area contributed by atoms with Crippen molar-refractivity contribution in [2.75, 3.05) is 25.0 Å². The summed E-state index contributed by atoms with van der Waals surface area (Å²) in [6.45, 7) is 7.06.